The SMILES string of the molecule is CCOc1ccccc1C=NNc1nccs1. The maximum absolute atomic E-state index is 5.49. The smallest absolute Gasteiger partial charge is 0.203 e. The first-order valence-electron chi connectivity index (χ1n) is 5.30. The lowest BCUT2D eigenvalue weighted by molar-refractivity contribution is 0.340. The van der Waals surface area contributed by atoms with E-state index in [4.69, 9.17) is 4.74 Å². The summed E-state index contributed by atoms with van der Waals surface area (Å²) >= 11 is 1.51. The Morgan fingerprint density at radius 1 is 1.47 bits per heavy atom. The second kappa shape index (κ2) is 6.00. The van der Waals surface area contributed by atoms with Crippen LogP contribution in [0.2, 0.25) is 0 Å². The largest absolute Gasteiger partial charge is 0.493 e. The third-order valence-corrected chi connectivity index (χ3v) is 2.69. The molecule has 2 aromatic rings. The van der Waals surface area contributed by atoms with Gasteiger partial charge in [0.05, 0.1) is 12.8 Å². The van der Waals surface area contributed by atoms with Crippen LogP contribution >= 0.6 is 11.3 Å². The number of nitrogens with one attached hydrogen (secondary N) is 1. The fraction of sp³-hybridized carbons (Fsp3) is 0.167. The molecule has 0 bridgehead atoms. The van der Waals surface area contributed by atoms with Crippen molar-refractivity contribution in [1.29, 1.82) is 0 Å². The second-order valence-corrected chi connectivity index (χ2v) is 4.07. The van der Waals surface area contributed by atoms with Gasteiger partial charge in [-0.05, 0) is 19.1 Å². The van der Waals surface area contributed by atoms with Crippen molar-refractivity contribution in [3.05, 3.63) is 41.4 Å². The molecular formula is C12H13N3OS. The minimum Gasteiger partial charge on any atom is -0.493 e. The predicted octanol–water partition coefficient (Wildman–Crippen LogP) is 2.99. The van der Waals surface area contributed by atoms with Crippen LogP contribution in [0.1, 0.15) is 12.5 Å². The molecule has 0 saturated carbocycles. The van der Waals surface area contributed by atoms with Crippen molar-refractivity contribution in [2.45, 2.75) is 6.92 Å². The first kappa shape index (κ1) is 11.6. The highest BCUT2D eigenvalue weighted by Crippen LogP contribution is 2.16. The van der Waals surface area contributed by atoms with Crippen LogP contribution < -0.4 is 10.2 Å². The number of benzene rings is 1. The highest BCUT2D eigenvalue weighted by atomic mass is 32.1. The Bertz CT molecular complexity index is 482. The van der Waals surface area contributed by atoms with Gasteiger partial charge in [-0.1, -0.05) is 12.1 Å². The van der Waals surface area contributed by atoms with E-state index >= 15 is 0 Å². The first-order chi connectivity index (χ1) is 8.40. The topological polar surface area (TPSA) is 46.5 Å². The average molecular weight is 247 g/mol. The molecule has 0 amide bonds. The molecule has 1 heterocycles. The Hall–Kier alpha value is -1.88. The van der Waals surface area contributed by atoms with Crippen LogP contribution in [0.25, 0.3) is 0 Å². The maximum Gasteiger partial charge on any atom is 0.203 e. The fourth-order valence-corrected chi connectivity index (χ4v) is 1.79. The Balaban J connectivity index is 2.04. The monoisotopic (exact) mass is 247 g/mol. The van der Waals surface area contributed by atoms with E-state index in [0.717, 1.165) is 16.4 Å². The van der Waals surface area contributed by atoms with E-state index < -0.39 is 0 Å². The zero-order valence-electron chi connectivity index (χ0n) is 9.46. The number of hydrazone groups is 1. The number of rotatable bonds is 5. The molecule has 5 heteroatoms. The molecule has 88 valence electrons. The molecule has 0 saturated heterocycles. The van der Waals surface area contributed by atoms with E-state index in [1.807, 2.05) is 36.6 Å². The molecule has 0 aliphatic carbocycles. The predicted molar refractivity (Wildman–Crippen MR) is 70.9 cm³/mol. The highest BCUT2D eigenvalue weighted by molar-refractivity contribution is 7.13. The molecule has 2 rings (SSSR count). The maximum atomic E-state index is 5.49. The van der Waals surface area contributed by atoms with Gasteiger partial charge in [0.25, 0.3) is 0 Å². The Morgan fingerprint density at radius 3 is 3.12 bits per heavy atom. The van der Waals surface area contributed by atoms with Gasteiger partial charge in [0, 0.05) is 17.1 Å². The van der Waals surface area contributed by atoms with E-state index in [0.29, 0.717) is 6.61 Å². The average Bonchev–Trinajstić information content (AvgIpc) is 2.85. The number of ether oxygens (including phenoxy) is 1. The van der Waals surface area contributed by atoms with Gasteiger partial charge in [0.15, 0.2) is 0 Å². The molecule has 0 unspecified atom stereocenters. The van der Waals surface area contributed by atoms with Crippen molar-refractivity contribution in [3.63, 3.8) is 0 Å². The van der Waals surface area contributed by atoms with Crippen LogP contribution in [0.3, 0.4) is 0 Å². The molecule has 17 heavy (non-hydrogen) atoms. The minimum absolute atomic E-state index is 0.644. The van der Waals surface area contributed by atoms with Crippen LogP contribution in [0, 0.1) is 0 Å². The summed E-state index contributed by atoms with van der Waals surface area (Å²) in [5.41, 5.74) is 3.81. The summed E-state index contributed by atoms with van der Waals surface area (Å²) in [6.45, 7) is 2.60. The number of nitrogens with zero attached hydrogens (tertiary/aromatic N) is 2. The van der Waals surface area contributed by atoms with Gasteiger partial charge in [0.2, 0.25) is 5.13 Å². The number of hydrogen-bond donors (Lipinski definition) is 1. The summed E-state index contributed by atoms with van der Waals surface area (Å²) < 4.78 is 5.49. The van der Waals surface area contributed by atoms with Crippen molar-refractivity contribution in [2.24, 2.45) is 5.10 Å². The van der Waals surface area contributed by atoms with Gasteiger partial charge < -0.3 is 4.74 Å². The van der Waals surface area contributed by atoms with Crippen molar-refractivity contribution in [2.75, 3.05) is 12.0 Å². The van der Waals surface area contributed by atoms with E-state index in [1.54, 1.807) is 12.4 Å². The van der Waals surface area contributed by atoms with Gasteiger partial charge in [-0.15, -0.1) is 11.3 Å². The van der Waals surface area contributed by atoms with Crippen LogP contribution in [0.15, 0.2) is 40.9 Å². The van der Waals surface area contributed by atoms with Crippen molar-refractivity contribution in [3.8, 4) is 5.75 Å². The molecule has 0 atom stereocenters. The van der Waals surface area contributed by atoms with Crippen molar-refractivity contribution >= 4 is 22.7 Å². The molecule has 1 aromatic heterocycles. The second-order valence-electron chi connectivity index (χ2n) is 3.18. The number of thiazole rings is 1. The van der Waals surface area contributed by atoms with Gasteiger partial charge in [-0.2, -0.15) is 5.10 Å². The molecule has 4 nitrogen and oxygen atoms in total. The van der Waals surface area contributed by atoms with Crippen molar-refractivity contribution in [1.82, 2.24) is 4.98 Å². The molecule has 0 aliphatic heterocycles. The van der Waals surface area contributed by atoms with Gasteiger partial charge in [-0.3, -0.25) is 5.43 Å². The first-order valence-corrected chi connectivity index (χ1v) is 6.18. The standard InChI is InChI=1S/C12H13N3OS/c1-2-16-11-6-4-3-5-10(11)9-14-15-12-13-7-8-17-12/h3-9H,2H2,1H3,(H,13,15). The quantitative estimate of drug-likeness (QED) is 0.652. The summed E-state index contributed by atoms with van der Waals surface area (Å²) in [6.07, 6.45) is 3.46. The lowest BCUT2D eigenvalue weighted by atomic mass is 10.2. The minimum atomic E-state index is 0.644. The zero-order valence-corrected chi connectivity index (χ0v) is 10.3. The van der Waals surface area contributed by atoms with Gasteiger partial charge >= 0.3 is 0 Å². The summed E-state index contributed by atoms with van der Waals surface area (Å²) in [7, 11) is 0. The van der Waals surface area contributed by atoms with Crippen LogP contribution in [0.4, 0.5) is 5.13 Å². The Labute approximate surface area is 104 Å². The van der Waals surface area contributed by atoms with Gasteiger partial charge in [0.1, 0.15) is 5.75 Å². The number of para-hydroxylation sites is 1. The van der Waals surface area contributed by atoms with E-state index in [9.17, 15) is 0 Å². The lowest BCUT2D eigenvalue weighted by Gasteiger charge is -2.05. The van der Waals surface area contributed by atoms with Crippen LogP contribution in [0.5, 0.6) is 5.75 Å². The van der Waals surface area contributed by atoms with E-state index in [1.165, 1.54) is 11.3 Å². The molecule has 0 radical (unpaired) electrons. The zero-order chi connectivity index (χ0) is 11.9. The molecule has 0 fully saturated rings. The Morgan fingerprint density at radius 2 is 2.35 bits per heavy atom. The summed E-state index contributed by atoms with van der Waals surface area (Å²) in [4.78, 5) is 4.07. The van der Waals surface area contributed by atoms with Crippen LogP contribution in [-0.4, -0.2) is 17.8 Å². The normalized spacial score (nSPS) is 10.6. The third kappa shape index (κ3) is 3.29. The van der Waals surface area contributed by atoms with Gasteiger partial charge in [-0.25, -0.2) is 4.98 Å². The fourth-order valence-electron chi connectivity index (χ4n) is 1.31. The Kier molecular flexibility index (Phi) is 4.10. The number of aromatic nitrogens is 1. The van der Waals surface area contributed by atoms with E-state index in [-0.39, 0.29) is 0 Å². The molecular weight excluding hydrogens is 234 g/mol. The molecule has 1 aromatic carbocycles. The summed E-state index contributed by atoms with van der Waals surface area (Å²) in [5, 5.41) is 6.79. The van der Waals surface area contributed by atoms with E-state index in [2.05, 4.69) is 15.5 Å². The van der Waals surface area contributed by atoms with Crippen molar-refractivity contribution < 1.29 is 4.74 Å². The number of anilines is 1. The highest BCUT2D eigenvalue weighted by Gasteiger charge is 1.98. The molecule has 0 aliphatic rings. The summed E-state index contributed by atoms with van der Waals surface area (Å²) in [5.74, 6) is 0.833. The summed E-state index contributed by atoms with van der Waals surface area (Å²) in [6, 6.07) is 7.77. The molecule has 1 N–H and O–H groups in total. The molecule has 0 spiro atoms. The lowest BCUT2D eigenvalue weighted by Crippen LogP contribution is -1.96. The third-order valence-electron chi connectivity index (χ3n) is 2.01. The number of hydrogen-bond acceptors (Lipinski definition) is 5. The van der Waals surface area contributed by atoms with Crippen LogP contribution in [-0.2, 0) is 0 Å².